The number of thiazole rings is 1. The van der Waals surface area contributed by atoms with E-state index >= 15 is 0 Å². The minimum Gasteiger partial charge on any atom is -0.477 e. The van der Waals surface area contributed by atoms with Gasteiger partial charge in [-0.3, -0.25) is 0 Å². The van der Waals surface area contributed by atoms with Gasteiger partial charge in [0.25, 0.3) is 0 Å². The second-order valence-corrected chi connectivity index (χ2v) is 6.26. The summed E-state index contributed by atoms with van der Waals surface area (Å²) in [4.78, 5) is 15.7. The summed E-state index contributed by atoms with van der Waals surface area (Å²) < 4.78 is 13.8. The highest BCUT2D eigenvalue weighted by Gasteiger charge is 2.20. The number of aromatic nitrogens is 1. The first-order valence-corrected chi connectivity index (χ1v) is 7.26. The Hall–Kier alpha value is -1.46. The number of carbonyl (C=O) groups is 1. The summed E-state index contributed by atoms with van der Waals surface area (Å²) in [6.07, 6.45) is 0.542. The van der Waals surface area contributed by atoms with Gasteiger partial charge >= 0.3 is 5.97 Å². The molecule has 2 aromatic rings. The molecule has 0 saturated carbocycles. The van der Waals surface area contributed by atoms with Gasteiger partial charge in [0, 0.05) is 10.6 Å². The lowest BCUT2D eigenvalue weighted by atomic mass is 10.1. The van der Waals surface area contributed by atoms with Crippen molar-refractivity contribution in [2.75, 3.05) is 0 Å². The number of halogens is 2. The molecule has 1 aromatic heterocycles. The zero-order valence-corrected chi connectivity index (χ0v) is 12.6. The molecule has 0 radical (unpaired) electrons. The Kier molecular flexibility index (Phi) is 4.40. The van der Waals surface area contributed by atoms with Crippen LogP contribution in [-0.2, 0) is 6.42 Å². The fourth-order valence-electron chi connectivity index (χ4n) is 1.82. The van der Waals surface area contributed by atoms with Gasteiger partial charge < -0.3 is 5.11 Å². The Balaban J connectivity index is 2.52. The summed E-state index contributed by atoms with van der Waals surface area (Å²) in [7, 11) is 0. The monoisotopic (exact) mass is 313 g/mol. The second-order valence-electron chi connectivity index (χ2n) is 4.82. The van der Waals surface area contributed by atoms with E-state index in [9.17, 15) is 14.3 Å². The normalized spacial score (nSPS) is 11.1. The molecule has 0 unspecified atom stereocenters. The van der Waals surface area contributed by atoms with Crippen LogP contribution >= 0.6 is 22.9 Å². The maximum atomic E-state index is 13.8. The van der Waals surface area contributed by atoms with Crippen LogP contribution in [0.1, 0.15) is 29.2 Å². The lowest BCUT2D eigenvalue weighted by Crippen LogP contribution is -2.02. The van der Waals surface area contributed by atoms with E-state index in [-0.39, 0.29) is 16.4 Å². The van der Waals surface area contributed by atoms with Gasteiger partial charge in [0.1, 0.15) is 15.7 Å². The third kappa shape index (κ3) is 3.16. The maximum absolute atomic E-state index is 13.8. The van der Waals surface area contributed by atoms with Gasteiger partial charge in [-0.2, -0.15) is 0 Å². The average molecular weight is 314 g/mol. The third-order valence-corrected chi connectivity index (χ3v) is 4.01. The number of rotatable bonds is 4. The Labute approximate surface area is 125 Å². The molecule has 0 fully saturated rings. The summed E-state index contributed by atoms with van der Waals surface area (Å²) in [5.74, 6) is -1.23. The highest BCUT2D eigenvalue weighted by molar-refractivity contribution is 7.17. The Bertz CT molecular complexity index is 655. The molecule has 3 nitrogen and oxygen atoms in total. The Morgan fingerprint density at radius 1 is 1.50 bits per heavy atom. The molecule has 0 aliphatic rings. The predicted octanol–water partition coefficient (Wildman–Crippen LogP) is 4.50. The van der Waals surface area contributed by atoms with Gasteiger partial charge in [0.2, 0.25) is 0 Å². The molecule has 0 saturated heterocycles. The molecule has 0 bridgehead atoms. The van der Waals surface area contributed by atoms with Crippen molar-refractivity contribution in [3.63, 3.8) is 0 Å². The molecule has 1 aromatic carbocycles. The molecule has 0 aliphatic carbocycles. The SMILES string of the molecule is CC(C)Cc1nc(-c2cc(Cl)ccc2F)sc1C(=O)O. The molecule has 6 heteroatoms. The lowest BCUT2D eigenvalue weighted by molar-refractivity contribution is 0.0700. The molecule has 20 heavy (non-hydrogen) atoms. The molecule has 1 heterocycles. The van der Waals surface area contributed by atoms with Crippen molar-refractivity contribution >= 4 is 28.9 Å². The predicted molar refractivity (Wildman–Crippen MR) is 78.0 cm³/mol. The Morgan fingerprint density at radius 3 is 2.80 bits per heavy atom. The molecule has 106 valence electrons. The average Bonchev–Trinajstić information content (AvgIpc) is 2.75. The van der Waals surface area contributed by atoms with Gasteiger partial charge in [-0.05, 0) is 30.5 Å². The minimum atomic E-state index is -1.04. The number of benzene rings is 1. The number of nitrogens with zero attached hydrogens (tertiary/aromatic N) is 1. The van der Waals surface area contributed by atoms with Crippen LogP contribution in [0.5, 0.6) is 0 Å². The first-order chi connectivity index (χ1) is 9.38. The molecular formula is C14H13ClFNO2S. The van der Waals surface area contributed by atoms with Crippen molar-refractivity contribution in [3.05, 3.63) is 39.6 Å². The fraction of sp³-hybridized carbons (Fsp3) is 0.286. The lowest BCUT2D eigenvalue weighted by Gasteiger charge is -2.02. The molecule has 0 aliphatic heterocycles. The maximum Gasteiger partial charge on any atom is 0.347 e. The smallest absolute Gasteiger partial charge is 0.347 e. The zero-order valence-electron chi connectivity index (χ0n) is 11.0. The summed E-state index contributed by atoms with van der Waals surface area (Å²) in [5.41, 5.74) is 0.729. The molecular weight excluding hydrogens is 301 g/mol. The van der Waals surface area contributed by atoms with E-state index in [1.54, 1.807) is 0 Å². The molecule has 1 N–H and O–H groups in total. The van der Waals surface area contributed by atoms with E-state index in [0.29, 0.717) is 22.1 Å². The first kappa shape index (κ1) is 14.9. The van der Waals surface area contributed by atoms with Crippen LogP contribution in [-0.4, -0.2) is 16.1 Å². The third-order valence-electron chi connectivity index (χ3n) is 2.65. The second kappa shape index (κ2) is 5.89. The summed E-state index contributed by atoms with van der Waals surface area (Å²) >= 11 is 6.83. The van der Waals surface area contributed by atoms with Crippen molar-refractivity contribution < 1.29 is 14.3 Å². The minimum absolute atomic E-state index is 0.160. The molecule has 0 amide bonds. The van der Waals surface area contributed by atoms with Gasteiger partial charge in [-0.15, -0.1) is 11.3 Å². The van der Waals surface area contributed by atoms with E-state index in [4.69, 9.17) is 11.6 Å². The van der Waals surface area contributed by atoms with Crippen molar-refractivity contribution in [1.82, 2.24) is 4.98 Å². The van der Waals surface area contributed by atoms with Crippen LogP contribution in [0.15, 0.2) is 18.2 Å². The van der Waals surface area contributed by atoms with Crippen LogP contribution in [0, 0.1) is 11.7 Å². The Morgan fingerprint density at radius 2 is 2.20 bits per heavy atom. The standard InChI is InChI=1S/C14H13ClFNO2S/c1-7(2)5-11-12(14(18)19)20-13(17-11)9-6-8(15)3-4-10(9)16/h3-4,6-7H,5H2,1-2H3,(H,18,19). The number of carboxylic acid groups (broad SMARTS) is 1. The molecule has 0 spiro atoms. The van der Waals surface area contributed by atoms with Gasteiger partial charge in [-0.25, -0.2) is 14.2 Å². The zero-order chi connectivity index (χ0) is 14.9. The van der Waals surface area contributed by atoms with Gasteiger partial charge in [-0.1, -0.05) is 25.4 Å². The topological polar surface area (TPSA) is 50.2 Å². The van der Waals surface area contributed by atoms with Crippen LogP contribution in [0.3, 0.4) is 0 Å². The van der Waals surface area contributed by atoms with Crippen LogP contribution < -0.4 is 0 Å². The van der Waals surface area contributed by atoms with Crippen LogP contribution in [0.4, 0.5) is 4.39 Å². The van der Waals surface area contributed by atoms with Crippen molar-refractivity contribution in [2.24, 2.45) is 5.92 Å². The van der Waals surface area contributed by atoms with Gasteiger partial charge in [0.05, 0.1) is 5.69 Å². The van der Waals surface area contributed by atoms with Crippen molar-refractivity contribution in [1.29, 1.82) is 0 Å². The van der Waals surface area contributed by atoms with E-state index in [0.717, 1.165) is 11.3 Å². The fourth-order valence-corrected chi connectivity index (χ4v) is 2.94. The first-order valence-electron chi connectivity index (χ1n) is 6.07. The highest BCUT2D eigenvalue weighted by atomic mass is 35.5. The summed E-state index contributed by atoms with van der Waals surface area (Å²) in [6, 6.07) is 4.16. The number of carboxylic acids is 1. The van der Waals surface area contributed by atoms with E-state index in [1.165, 1.54) is 18.2 Å². The van der Waals surface area contributed by atoms with E-state index in [1.807, 2.05) is 13.8 Å². The van der Waals surface area contributed by atoms with Gasteiger partial charge in [0.15, 0.2) is 0 Å². The number of hydrogen-bond donors (Lipinski definition) is 1. The summed E-state index contributed by atoms with van der Waals surface area (Å²) in [5, 5.41) is 9.95. The highest BCUT2D eigenvalue weighted by Crippen LogP contribution is 2.32. The van der Waals surface area contributed by atoms with Crippen LogP contribution in [0.25, 0.3) is 10.6 Å². The van der Waals surface area contributed by atoms with E-state index < -0.39 is 11.8 Å². The molecule has 0 atom stereocenters. The largest absolute Gasteiger partial charge is 0.477 e. The quantitative estimate of drug-likeness (QED) is 0.904. The van der Waals surface area contributed by atoms with Crippen LogP contribution in [0.2, 0.25) is 5.02 Å². The summed E-state index contributed by atoms with van der Waals surface area (Å²) in [6.45, 7) is 3.95. The van der Waals surface area contributed by atoms with Crippen molar-refractivity contribution in [3.8, 4) is 10.6 Å². The van der Waals surface area contributed by atoms with E-state index in [2.05, 4.69) is 4.98 Å². The molecule has 2 rings (SSSR count). The number of aromatic carboxylic acids is 1. The van der Waals surface area contributed by atoms with Crippen molar-refractivity contribution in [2.45, 2.75) is 20.3 Å². The number of hydrogen-bond acceptors (Lipinski definition) is 3.